The Morgan fingerprint density at radius 1 is 1.47 bits per heavy atom. The first-order valence-corrected chi connectivity index (χ1v) is 8.54. The predicted molar refractivity (Wildman–Crippen MR) is 70.6 cm³/mol. The molecule has 0 amide bonds. The molecule has 0 atom stereocenters. The first-order valence-electron chi connectivity index (χ1n) is 5.75. The van der Waals surface area contributed by atoms with Crippen molar-refractivity contribution in [3.05, 3.63) is 22.4 Å². The largest absolute Gasteiger partial charge is 0.310 e. The van der Waals surface area contributed by atoms with Crippen LogP contribution in [0.4, 0.5) is 0 Å². The molecule has 2 rings (SSSR count). The van der Waals surface area contributed by atoms with E-state index in [9.17, 15) is 8.42 Å². The van der Waals surface area contributed by atoms with Crippen molar-refractivity contribution in [1.82, 2.24) is 9.62 Å². The summed E-state index contributed by atoms with van der Waals surface area (Å²) in [6.07, 6.45) is 3.08. The molecule has 0 aromatic carbocycles. The van der Waals surface area contributed by atoms with Gasteiger partial charge in [0.1, 0.15) is 0 Å². The molecular formula is C11H18N2O2S2. The number of nitrogens with one attached hydrogen (secondary N) is 1. The van der Waals surface area contributed by atoms with Gasteiger partial charge in [0, 0.05) is 25.7 Å². The topological polar surface area (TPSA) is 49.4 Å². The average Bonchev–Trinajstić information content (AvgIpc) is 2.78. The SMILES string of the molecule is CS(=O)(=O)N1CCC(NCc2ccsc2)CC1. The maximum Gasteiger partial charge on any atom is 0.211 e. The third kappa shape index (κ3) is 3.77. The molecule has 0 unspecified atom stereocenters. The van der Waals surface area contributed by atoms with Gasteiger partial charge in [-0.3, -0.25) is 0 Å². The Hall–Kier alpha value is -0.430. The lowest BCUT2D eigenvalue weighted by atomic mass is 10.1. The summed E-state index contributed by atoms with van der Waals surface area (Å²) in [6.45, 7) is 2.16. The van der Waals surface area contributed by atoms with Crippen LogP contribution in [0.5, 0.6) is 0 Å². The second-order valence-electron chi connectivity index (χ2n) is 4.45. The quantitative estimate of drug-likeness (QED) is 0.899. The molecule has 0 saturated carbocycles. The van der Waals surface area contributed by atoms with E-state index < -0.39 is 10.0 Å². The van der Waals surface area contributed by atoms with Gasteiger partial charge in [0.25, 0.3) is 0 Å². The Bertz CT molecular complexity index is 434. The summed E-state index contributed by atoms with van der Waals surface area (Å²) in [7, 11) is -3.00. The zero-order chi connectivity index (χ0) is 12.3. The van der Waals surface area contributed by atoms with E-state index in [2.05, 4.69) is 22.1 Å². The Kier molecular flexibility index (Phi) is 4.19. The number of hydrogen-bond acceptors (Lipinski definition) is 4. The zero-order valence-corrected chi connectivity index (χ0v) is 11.6. The van der Waals surface area contributed by atoms with Gasteiger partial charge in [0.15, 0.2) is 0 Å². The molecule has 0 aliphatic carbocycles. The van der Waals surface area contributed by atoms with E-state index in [0.29, 0.717) is 19.1 Å². The molecule has 96 valence electrons. The zero-order valence-electron chi connectivity index (χ0n) is 9.93. The van der Waals surface area contributed by atoms with Gasteiger partial charge in [-0.2, -0.15) is 11.3 Å². The fourth-order valence-corrected chi connectivity index (χ4v) is 3.59. The maximum absolute atomic E-state index is 11.3. The van der Waals surface area contributed by atoms with E-state index >= 15 is 0 Å². The molecule has 6 heteroatoms. The average molecular weight is 274 g/mol. The number of thiophene rings is 1. The molecular weight excluding hydrogens is 256 g/mol. The Balaban J connectivity index is 1.76. The van der Waals surface area contributed by atoms with Gasteiger partial charge in [0.2, 0.25) is 10.0 Å². The van der Waals surface area contributed by atoms with Crippen molar-refractivity contribution < 1.29 is 8.42 Å². The van der Waals surface area contributed by atoms with Crippen molar-refractivity contribution in [3.8, 4) is 0 Å². The minimum Gasteiger partial charge on any atom is -0.310 e. The Morgan fingerprint density at radius 3 is 2.71 bits per heavy atom. The van der Waals surface area contributed by atoms with Gasteiger partial charge < -0.3 is 5.32 Å². The molecule has 0 bridgehead atoms. The van der Waals surface area contributed by atoms with Crippen LogP contribution in [0.15, 0.2) is 16.8 Å². The lowest BCUT2D eigenvalue weighted by Gasteiger charge is -2.30. The summed E-state index contributed by atoms with van der Waals surface area (Å²) in [6, 6.07) is 2.55. The van der Waals surface area contributed by atoms with E-state index in [1.807, 2.05) is 0 Å². The van der Waals surface area contributed by atoms with Gasteiger partial charge in [-0.05, 0) is 35.2 Å². The summed E-state index contributed by atoms with van der Waals surface area (Å²) in [5.74, 6) is 0. The van der Waals surface area contributed by atoms with Gasteiger partial charge in [0.05, 0.1) is 6.26 Å². The monoisotopic (exact) mass is 274 g/mol. The van der Waals surface area contributed by atoms with Gasteiger partial charge >= 0.3 is 0 Å². The molecule has 1 fully saturated rings. The van der Waals surface area contributed by atoms with Crippen LogP contribution in [0.3, 0.4) is 0 Å². The van der Waals surface area contributed by atoms with Gasteiger partial charge in [-0.1, -0.05) is 0 Å². The second-order valence-corrected chi connectivity index (χ2v) is 7.21. The fraction of sp³-hybridized carbons (Fsp3) is 0.636. The normalized spacial score (nSPS) is 19.6. The summed E-state index contributed by atoms with van der Waals surface area (Å²) in [5.41, 5.74) is 1.31. The molecule has 1 aromatic rings. The predicted octanol–water partition coefficient (Wildman–Crippen LogP) is 1.26. The molecule has 1 saturated heterocycles. The smallest absolute Gasteiger partial charge is 0.211 e. The molecule has 0 spiro atoms. The lowest BCUT2D eigenvalue weighted by molar-refractivity contribution is 0.290. The van der Waals surface area contributed by atoms with Gasteiger partial charge in [-0.25, -0.2) is 12.7 Å². The van der Waals surface area contributed by atoms with Gasteiger partial charge in [-0.15, -0.1) is 0 Å². The lowest BCUT2D eigenvalue weighted by Crippen LogP contribution is -2.44. The third-order valence-electron chi connectivity index (χ3n) is 3.10. The van der Waals surface area contributed by atoms with Crippen molar-refractivity contribution in [3.63, 3.8) is 0 Å². The van der Waals surface area contributed by atoms with E-state index in [1.165, 1.54) is 11.8 Å². The number of hydrogen-bond donors (Lipinski definition) is 1. The molecule has 0 radical (unpaired) electrons. The highest BCUT2D eigenvalue weighted by Gasteiger charge is 2.24. The fourth-order valence-electron chi connectivity index (χ4n) is 2.05. The van der Waals surface area contributed by atoms with Crippen molar-refractivity contribution in [2.75, 3.05) is 19.3 Å². The van der Waals surface area contributed by atoms with Crippen LogP contribution in [0.1, 0.15) is 18.4 Å². The van der Waals surface area contributed by atoms with Crippen molar-refractivity contribution >= 4 is 21.4 Å². The Morgan fingerprint density at radius 2 is 2.18 bits per heavy atom. The van der Waals surface area contributed by atoms with Crippen molar-refractivity contribution in [2.45, 2.75) is 25.4 Å². The third-order valence-corrected chi connectivity index (χ3v) is 5.13. The molecule has 17 heavy (non-hydrogen) atoms. The highest BCUT2D eigenvalue weighted by atomic mass is 32.2. The summed E-state index contributed by atoms with van der Waals surface area (Å²) in [5, 5.41) is 7.69. The van der Waals surface area contributed by atoms with E-state index in [0.717, 1.165) is 19.4 Å². The first-order chi connectivity index (χ1) is 8.05. The summed E-state index contributed by atoms with van der Waals surface area (Å²) >= 11 is 1.70. The molecule has 1 aliphatic rings. The van der Waals surface area contributed by atoms with Crippen molar-refractivity contribution in [1.29, 1.82) is 0 Å². The molecule has 4 nitrogen and oxygen atoms in total. The number of piperidine rings is 1. The molecule has 1 aliphatic heterocycles. The summed E-state index contributed by atoms with van der Waals surface area (Å²) < 4.78 is 24.3. The minimum absolute atomic E-state index is 0.438. The van der Waals surface area contributed by atoms with Crippen LogP contribution in [-0.4, -0.2) is 38.1 Å². The molecule has 1 N–H and O–H groups in total. The summed E-state index contributed by atoms with van der Waals surface area (Å²) in [4.78, 5) is 0. The number of rotatable bonds is 4. The van der Waals surface area contributed by atoms with E-state index in [4.69, 9.17) is 0 Å². The first kappa shape index (κ1) is 13.0. The highest BCUT2D eigenvalue weighted by Crippen LogP contribution is 2.14. The maximum atomic E-state index is 11.3. The van der Waals surface area contributed by atoms with E-state index in [-0.39, 0.29) is 0 Å². The second kappa shape index (κ2) is 5.48. The standard InChI is InChI=1S/C11H18N2O2S2/c1-17(14,15)13-5-2-11(3-6-13)12-8-10-4-7-16-9-10/h4,7,9,11-12H,2-3,5-6,8H2,1H3. The van der Waals surface area contributed by atoms with Crippen LogP contribution >= 0.6 is 11.3 Å². The van der Waals surface area contributed by atoms with Crippen LogP contribution in [0, 0.1) is 0 Å². The number of nitrogens with zero attached hydrogens (tertiary/aromatic N) is 1. The Labute approximate surface area is 107 Å². The van der Waals surface area contributed by atoms with Crippen LogP contribution in [0.2, 0.25) is 0 Å². The van der Waals surface area contributed by atoms with Crippen molar-refractivity contribution in [2.24, 2.45) is 0 Å². The highest BCUT2D eigenvalue weighted by molar-refractivity contribution is 7.88. The van der Waals surface area contributed by atoms with Crippen LogP contribution < -0.4 is 5.32 Å². The molecule has 2 heterocycles. The van der Waals surface area contributed by atoms with E-state index in [1.54, 1.807) is 15.6 Å². The number of sulfonamides is 1. The minimum atomic E-state index is -3.00. The van der Waals surface area contributed by atoms with Crippen LogP contribution in [-0.2, 0) is 16.6 Å². The van der Waals surface area contributed by atoms with Crippen LogP contribution in [0.25, 0.3) is 0 Å². The molecule has 1 aromatic heterocycles.